The highest BCUT2D eigenvalue weighted by atomic mass is 32.2. The minimum atomic E-state index is -0.123. The highest BCUT2D eigenvalue weighted by molar-refractivity contribution is 7.99. The molecule has 30 heavy (non-hydrogen) atoms. The number of hydrogen-bond donors (Lipinski definition) is 1. The van der Waals surface area contributed by atoms with E-state index in [1.165, 1.54) is 11.5 Å². The van der Waals surface area contributed by atoms with Crippen LogP contribution in [-0.2, 0) is 13.2 Å². The fraction of sp³-hybridized carbons (Fsp3) is 0.240. The average Bonchev–Trinajstić information content (AvgIpc) is 2.80. The van der Waals surface area contributed by atoms with E-state index in [2.05, 4.69) is 16.3 Å². The molecule has 0 atom stereocenters. The van der Waals surface area contributed by atoms with Crippen LogP contribution in [-0.4, -0.2) is 35.4 Å². The van der Waals surface area contributed by atoms with Crippen molar-refractivity contribution in [2.45, 2.75) is 13.2 Å². The molecular weight excluding hydrogens is 392 g/mol. The van der Waals surface area contributed by atoms with Crippen LogP contribution in [0.5, 0.6) is 5.75 Å². The average molecular weight is 419 g/mol. The fourth-order valence-electron chi connectivity index (χ4n) is 3.44. The third-order valence-electron chi connectivity index (χ3n) is 5.11. The lowest BCUT2D eigenvalue weighted by Crippen LogP contribution is -2.32. The van der Waals surface area contributed by atoms with Gasteiger partial charge in [0.2, 0.25) is 0 Å². The summed E-state index contributed by atoms with van der Waals surface area (Å²) in [5, 5.41) is 3.09. The second-order valence-corrected chi connectivity index (χ2v) is 8.53. The maximum absolute atomic E-state index is 12.9. The van der Waals surface area contributed by atoms with Gasteiger partial charge in [-0.25, -0.2) is 0 Å². The molecule has 0 bridgehead atoms. The first kappa shape index (κ1) is 20.5. The van der Waals surface area contributed by atoms with Crippen molar-refractivity contribution in [2.75, 3.05) is 29.9 Å². The highest BCUT2D eigenvalue weighted by Gasteiger charge is 2.14. The lowest BCUT2D eigenvalue weighted by molar-refractivity contribution is 0.102. The van der Waals surface area contributed by atoms with Gasteiger partial charge < -0.3 is 10.1 Å². The van der Waals surface area contributed by atoms with E-state index >= 15 is 0 Å². The number of amides is 1. The van der Waals surface area contributed by atoms with Crippen LogP contribution in [0.3, 0.4) is 0 Å². The van der Waals surface area contributed by atoms with E-state index < -0.39 is 0 Å². The fourth-order valence-corrected chi connectivity index (χ4v) is 4.42. The molecule has 3 aromatic rings. The van der Waals surface area contributed by atoms with Crippen molar-refractivity contribution in [1.82, 2.24) is 4.90 Å². The van der Waals surface area contributed by atoms with Gasteiger partial charge in [-0.3, -0.25) is 9.69 Å². The van der Waals surface area contributed by atoms with Gasteiger partial charge >= 0.3 is 0 Å². The van der Waals surface area contributed by atoms with E-state index in [9.17, 15) is 4.79 Å². The van der Waals surface area contributed by atoms with Crippen molar-refractivity contribution in [2.24, 2.45) is 0 Å². The summed E-state index contributed by atoms with van der Waals surface area (Å²) in [6.07, 6.45) is 0. The maximum Gasteiger partial charge on any atom is 0.255 e. The first-order valence-corrected chi connectivity index (χ1v) is 11.4. The lowest BCUT2D eigenvalue weighted by Gasteiger charge is -2.27. The molecule has 1 aliphatic heterocycles. The minimum absolute atomic E-state index is 0.123. The molecular formula is C25H26N2O2S. The topological polar surface area (TPSA) is 41.6 Å². The molecule has 0 aromatic heterocycles. The number of nitrogens with one attached hydrogen (secondary N) is 1. The lowest BCUT2D eigenvalue weighted by atomic mass is 10.1. The van der Waals surface area contributed by atoms with Crippen LogP contribution in [0.1, 0.15) is 21.5 Å². The molecule has 5 heteroatoms. The number of ether oxygens (including phenoxy) is 1. The third kappa shape index (κ3) is 5.65. The Morgan fingerprint density at radius 1 is 0.933 bits per heavy atom. The second-order valence-electron chi connectivity index (χ2n) is 7.30. The summed E-state index contributed by atoms with van der Waals surface area (Å²) >= 11 is 2.00. The van der Waals surface area contributed by atoms with Gasteiger partial charge in [-0.05, 0) is 35.4 Å². The van der Waals surface area contributed by atoms with Gasteiger partial charge in [0, 0.05) is 42.4 Å². The number of carbonyl (C=O) groups excluding carboxylic acids is 1. The molecule has 0 radical (unpaired) electrons. The normalized spacial score (nSPS) is 14.3. The Bertz CT molecular complexity index is 972. The van der Waals surface area contributed by atoms with Gasteiger partial charge in [-0.1, -0.05) is 54.6 Å². The Morgan fingerprint density at radius 2 is 1.70 bits per heavy atom. The molecule has 4 rings (SSSR count). The molecule has 1 N–H and O–H groups in total. The molecule has 1 aliphatic rings. The summed E-state index contributed by atoms with van der Waals surface area (Å²) in [5.74, 6) is 2.90. The smallest absolute Gasteiger partial charge is 0.255 e. The zero-order valence-electron chi connectivity index (χ0n) is 16.9. The van der Waals surface area contributed by atoms with E-state index in [-0.39, 0.29) is 5.91 Å². The molecule has 1 fully saturated rings. The Balaban J connectivity index is 1.41. The number of carbonyl (C=O) groups is 1. The van der Waals surface area contributed by atoms with Crippen molar-refractivity contribution >= 4 is 23.4 Å². The molecule has 1 saturated heterocycles. The number of para-hydroxylation sites is 1. The van der Waals surface area contributed by atoms with Crippen molar-refractivity contribution in [3.8, 4) is 5.75 Å². The summed E-state index contributed by atoms with van der Waals surface area (Å²) in [6, 6.07) is 25.4. The van der Waals surface area contributed by atoms with E-state index in [0.29, 0.717) is 17.9 Å². The summed E-state index contributed by atoms with van der Waals surface area (Å²) in [6.45, 7) is 3.52. The molecule has 3 aromatic carbocycles. The largest absolute Gasteiger partial charge is 0.489 e. The number of thioether (sulfide) groups is 1. The van der Waals surface area contributed by atoms with Crippen molar-refractivity contribution < 1.29 is 9.53 Å². The Kier molecular flexibility index (Phi) is 7.06. The monoisotopic (exact) mass is 418 g/mol. The molecule has 0 aliphatic carbocycles. The standard InChI is InChI=1S/C25H26N2O2S/c28-25(21-10-6-11-23(17-21)29-19-20-7-2-1-3-8-20)26-24-12-5-4-9-22(24)18-27-13-15-30-16-14-27/h1-12,17H,13-16,18-19H2,(H,26,28). The van der Waals surface area contributed by atoms with Gasteiger partial charge in [-0.2, -0.15) is 11.8 Å². The number of hydrogen-bond acceptors (Lipinski definition) is 4. The highest BCUT2D eigenvalue weighted by Crippen LogP contribution is 2.21. The van der Waals surface area contributed by atoms with Crippen LogP contribution >= 0.6 is 11.8 Å². The van der Waals surface area contributed by atoms with Crippen molar-refractivity contribution in [3.05, 3.63) is 95.6 Å². The van der Waals surface area contributed by atoms with Gasteiger partial charge in [0.05, 0.1) is 0 Å². The van der Waals surface area contributed by atoms with Gasteiger partial charge in [0.15, 0.2) is 0 Å². The zero-order chi connectivity index (χ0) is 20.6. The molecule has 1 heterocycles. The number of anilines is 1. The van der Waals surface area contributed by atoms with E-state index in [0.717, 1.165) is 36.4 Å². The number of rotatable bonds is 7. The zero-order valence-corrected chi connectivity index (χ0v) is 17.7. The van der Waals surface area contributed by atoms with E-state index in [4.69, 9.17) is 4.74 Å². The molecule has 0 spiro atoms. The van der Waals surface area contributed by atoms with Crippen LogP contribution in [0, 0.1) is 0 Å². The Hall–Kier alpha value is -2.76. The SMILES string of the molecule is O=C(Nc1ccccc1CN1CCSCC1)c1cccc(OCc2ccccc2)c1. The molecule has 154 valence electrons. The van der Waals surface area contributed by atoms with Crippen molar-refractivity contribution in [3.63, 3.8) is 0 Å². The summed E-state index contributed by atoms with van der Waals surface area (Å²) < 4.78 is 5.87. The maximum atomic E-state index is 12.9. The summed E-state index contributed by atoms with van der Waals surface area (Å²) in [5.41, 5.74) is 3.70. The second kappa shape index (κ2) is 10.3. The number of benzene rings is 3. The minimum Gasteiger partial charge on any atom is -0.489 e. The van der Waals surface area contributed by atoms with Crippen LogP contribution < -0.4 is 10.1 Å². The number of nitrogens with zero attached hydrogens (tertiary/aromatic N) is 1. The Labute approximate surface area is 182 Å². The van der Waals surface area contributed by atoms with Crippen LogP contribution in [0.4, 0.5) is 5.69 Å². The summed E-state index contributed by atoms with van der Waals surface area (Å²) in [7, 11) is 0. The molecule has 0 saturated carbocycles. The third-order valence-corrected chi connectivity index (χ3v) is 6.05. The summed E-state index contributed by atoms with van der Waals surface area (Å²) in [4.78, 5) is 15.3. The Morgan fingerprint density at radius 3 is 2.53 bits per heavy atom. The molecule has 0 unspecified atom stereocenters. The van der Waals surface area contributed by atoms with Crippen LogP contribution in [0.2, 0.25) is 0 Å². The first-order chi connectivity index (χ1) is 14.8. The predicted molar refractivity (Wildman–Crippen MR) is 124 cm³/mol. The van der Waals surface area contributed by atoms with E-state index in [1.807, 2.05) is 78.5 Å². The van der Waals surface area contributed by atoms with Crippen LogP contribution in [0.25, 0.3) is 0 Å². The molecule has 1 amide bonds. The van der Waals surface area contributed by atoms with Crippen LogP contribution in [0.15, 0.2) is 78.9 Å². The van der Waals surface area contributed by atoms with Gasteiger partial charge in [0.25, 0.3) is 5.91 Å². The quantitative estimate of drug-likeness (QED) is 0.582. The van der Waals surface area contributed by atoms with E-state index in [1.54, 1.807) is 6.07 Å². The van der Waals surface area contributed by atoms with Gasteiger partial charge in [-0.15, -0.1) is 0 Å². The molecule has 4 nitrogen and oxygen atoms in total. The van der Waals surface area contributed by atoms with Gasteiger partial charge in [0.1, 0.15) is 12.4 Å². The predicted octanol–water partition coefficient (Wildman–Crippen LogP) is 5.07. The van der Waals surface area contributed by atoms with Crippen molar-refractivity contribution in [1.29, 1.82) is 0 Å². The first-order valence-electron chi connectivity index (χ1n) is 10.2.